The predicted molar refractivity (Wildman–Crippen MR) is 104 cm³/mol. The maximum atomic E-state index is 12.0. The molecule has 0 aliphatic carbocycles. The van der Waals surface area contributed by atoms with Crippen molar-refractivity contribution in [2.24, 2.45) is 0 Å². The first-order chi connectivity index (χ1) is 11.9. The number of rotatable bonds is 9. The Hall–Kier alpha value is -1.69. The molecule has 2 aromatic carbocycles. The molecule has 2 N–H and O–H groups in total. The predicted octanol–water partition coefficient (Wildman–Crippen LogP) is 3.41. The smallest absolute Gasteiger partial charge is 0.216 e. The number of sulfonamides is 1. The lowest BCUT2D eigenvalue weighted by atomic mass is 10.0. The van der Waals surface area contributed by atoms with Crippen molar-refractivity contribution in [2.45, 2.75) is 45.0 Å². The number of benzene rings is 2. The molecule has 0 saturated heterocycles. The van der Waals surface area contributed by atoms with Crippen LogP contribution in [0, 0.1) is 0 Å². The third kappa shape index (κ3) is 6.98. The zero-order valence-corrected chi connectivity index (χ0v) is 16.0. The fourth-order valence-electron chi connectivity index (χ4n) is 2.71. The Balaban J connectivity index is 1.82. The van der Waals surface area contributed by atoms with Crippen molar-refractivity contribution in [3.05, 3.63) is 71.3 Å². The summed E-state index contributed by atoms with van der Waals surface area (Å²) in [6.45, 7) is 7.52. The van der Waals surface area contributed by atoms with Gasteiger partial charge in [-0.3, -0.25) is 0 Å². The molecule has 1 atom stereocenters. The van der Waals surface area contributed by atoms with E-state index in [-0.39, 0.29) is 11.8 Å². The maximum Gasteiger partial charge on any atom is 0.216 e. The third-order valence-electron chi connectivity index (χ3n) is 3.94. The van der Waals surface area contributed by atoms with Crippen molar-refractivity contribution in [1.82, 2.24) is 10.0 Å². The average Bonchev–Trinajstić information content (AvgIpc) is 2.55. The molecule has 136 valence electrons. The Kier molecular flexibility index (Phi) is 7.17. The van der Waals surface area contributed by atoms with Crippen molar-refractivity contribution < 1.29 is 8.42 Å². The molecule has 25 heavy (non-hydrogen) atoms. The van der Waals surface area contributed by atoms with Crippen LogP contribution in [0.3, 0.4) is 0 Å². The van der Waals surface area contributed by atoms with Crippen LogP contribution in [-0.2, 0) is 22.3 Å². The number of hydrogen-bond donors (Lipinski definition) is 2. The Morgan fingerprint density at radius 2 is 1.48 bits per heavy atom. The molecule has 2 aromatic rings. The standard InChI is InChI=1S/C20H28N2O2S/c1-16(2)22-25(23,24)15-19-11-9-18(10-12-19)14-21-13-17(3)20-7-5-4-6-8-20/h4-12,16-17,21-22H,13-15H2,1-3H3. The quantitative estimate of drug-likeness (QED) is 0.720. The lowest BCUT2D eigenvalue weighted by Crippen LogP contribution is -2.31. The van der Waals surface area contributed by atoms with Gasteiger partial charge in [-0.1, -0.05) is 61.5 Å². The van der Waals surface area contributed by atoms with Gasteiger partial charge in [-0.15, -0.1) is 0 Å². The van der Waals surface area contributed by atoms with E-state index < -0.39 is 10.0 Å². The third-order valence-corrected chi connectivity index (χ3v) is 5.49. The minimum absolute atomic E-state index is 0.0178. The lowest BCUT2D eigenvalue weighted by molar-refractivity contribution is 0.569. The zero-order valence-electron chi connectivity index (χ0n) is 15.2. The Morgan fingerprint density at radius 3 is 2.08 bits per heavy atom. The van der Waals surface area contributed by atoms with Crippen LogP contribution in [0.15, 0.2) is 54.6 Å². The molecular weight excluding hydrogens is 332 g/mol. The van der Waals surface area contributed by atoms with Gasteiger partial charge in [0.1, 0.15) is 0 Å². The molecule has 0 aliphatic rings. The summed E-state index contributed by atoms with van der Waals surface area (Å²) >= 11 is 0. The highest BCUT2D eigenvalue weighted by Crippen LogP contribution is 2.13. The topological polar surface area (TPSA) is 58.2 Å². The van der Waals surface area contributed by atoms with Gasteiger partial charge >= 0.3 is 0 Å². The first kappa shape index (κ1) is 19.6. The molecule has 0 bridgehead atoms. The SMILES string of the molecule is CC(C)NS(=O)(=O)Cc1ccc(CNCC(C)c2ccccc2)cc1. The van der Waals surface area contributed by atoms with E-state index in [4.69, 9.17) is 0 Å². The van der Waals surface area contributed by atoms with Gasteiger partial charge in [-0.2, -0.15) is 0 Å². The van der Waals surface area contributed by atoms with Crippen molar-refractivity contribution in [2.75, 3.05) is 6.54 Å². The summed E-state index contributed by atoms with van der Waals surface area (Å²) in [4.78, 5) is 0. The molecular formula is C20H28N2O2S. The molecule has 0 heterocycles. The Bertz CT molecular complexity index is 741. The second kappa shape index (κ2) is 9.13. The van der Waals surface area contributed by atoms with Crippen LogP contribution >= 0.6 is 0 Å². The van der Waals surface area contributed by atoms with Gasteiger partial charge in [0.25, 0.3) is 0 Å². The first-order valence-electron chi connectivity index (χ1n) is 8.69. The Morgan fingerprint density at radius 1 is 0.880 bits per heavy atom. The fraction of sp³-hybridized carbons (Fsp3) is 0.400. The summed E-state index contributed by atoms with van der Waals surface area (Å²) in [5, 5.41) is 3.46. The second-order valence-electron chi connectivity index (χ2n) is 6.79. The highest BCUT2D eigenvalue weighted by Gasteiger charge is 2.12. The van der Waals surface area contributed by atoms with Crippen LogP contribution in [0.2, 0.25) is 0 Å². The van der Waals surface area contributed by atoms with Crippen LogP contribution in [-0.4, -0.2) is 21.0 Å². The summed E-state index contributed by atoms with van der Waals surface area (Å²) in [7, 11) is -3.27. The van der Waals surface area contributed by atoms with E-state index in [1.54, 1.807) is 0 Å². The van der Waals surface area contributed by atoms with Crippen LogP contribution < -0.4 is 10.0 Å². The Labute approximate surface area is 151 Å². The van der Waals surface area contributed by atoms with E-state index in [1.165, 1.54) is 5.56 Å². The van der Waals surface area contributed by atoms with E-state index in [1.807, 2.05) is 44.2 Å². The van der Waals surface area contributed by atoms with E-state index in [0.717, 1.165) is 24.2 Å². The van der Waals surface area contributed by atoms with Gasteiger partial charge in [0, 0.05) is 19.1 Å². The lowest BCUT2D eigenvalue weighted by Gasteiger charge is -2.13. The molecule has 0 aromatic heterocycles. The molecule has 1 unspecified atom stereocenters. The largest absolute Gasteiger partial charge is 0.312 e. The molecule has 2 rings (SSSR count). The molecule has 0 radical (unpaired) electrons. The van der Waals surface area contributed by atoms with E-state index >= 15 is 0 Å². The normalized spacial score (nSPS) is 13.1. The molecule has 0 spiro atoms. The molecule has 0 aliphatic heterocycles. The van der Waals surface area contributed by atoms with Gasteiger partial charge in [0.05, 0.1) is 5.75 Å². The van der Waals surface area contributed by atoms with Crippen LogP contribution in [0.1, 0.15) is 43.4 Å². The van der Waals surface area contributed by atoms with Crippen molar-refractivity contribution in [1.29, 1.82) is 0 Å². The van der Waals surface area contributed by atoms with Gasteiger partial charge in [0.15, 0.2) is 0 Å². The van der Waals surface area contributed by atoms with Crippen LogP contribution in [0.25, 0.3) is 0 Å². The van der Waals surface area contributed by atoms with Crippen LogP contribution in [0.4, 0.5) is 0 Å². The summed E-state index contributed by atoms with van der Waals surface area (Å²) < 4.78 is 26.5. The zero-order chi connectivity index (χ0) is 18.3. The first-order valence-corrected chi connectivity index (χ1v) is 10.3. The molecule has 5 heteroatoms. The highest BCUT2D eigenvalue weighted by molar-refractivity contribution is 7.88. The molecule has 0 saturated carbocycles. The molecule has 4 nitrogen and oxygen atoms in total. The maximum absolute atomic E-state index is 12.0. The second-order valence-corrected chi connectivity index (χ2v) is 8.54. The summed E-state index contributed by atoms with van der Waals surface area (Å²) in [5.41, 5.74) is 3.28. The minimum Gasteiger partial charge on any atom is -0.312 e. The minimum atomic E-state index is -3.27. The fourth-order valence-corrected chi connectivity index (χ4v) is 4.14. The molecule has 0 fully saturated rings. The van der Waals surface area contributed by atoms with Crippen LogP contribution in [0.5, 0.6) is 0 Å². The van der Waals surface area contributed by atoms with E-state index in [9.17, 15) is 8.42 Å². The number of nitrogens with one attached hydrogen (secondary N) is 2. The van der Waals surface area contributed by atoms with Gasteiger partial charge in [-0.05, 0) is 36.5 Å². The summed E-state index contributed by atoms with van der Waals surface area (Å²) in [5.74, 6) is 0.469. The van der Waals surface area contributed by atoms with Crippen molar-refractivity contribution >= 4 is 10.0 Å². The van der Waals surface area contributed by atoms with Gasteiger partial charge < -0.3 is 5.32 Å². The monoisotopic (exact) mass is 360 g/mol. The molecule has 0 amide bonds. The van der Waals surface area contributed by atoms with Crippen molar-refractivity contribution in [3.63, 3.8) is 0 Å². The van der Waals surface area contributed by atoms with Gasteiger partial charge in [0.2, 0.25) is 10.0 Å². The number of hydrogen-bond acceptors (Lipinski definition) is 3. The van der Waals surface area contributed by atoms with Gasteiger partial charge in [-0.25, -0.2) is 13.1 Å². The highest BCUT2D eigenvalue weighted by atomic mass is 32.2. The van der Waals surface area contributed by atoms with E-state index in [0.29, 0.717) is 5.92 Å². The van der Waals surface area contributed by atoms with Crippen molar-refractivity contribution in [3.8, 4) is 0 Å². The summed E-state index contributed by atoms with van der Waals surface area (Å²) in [6, 6.07) is 18.1. The van der Waals surface area contributed by atoms with E-state index in [2.05, 4.69) is 41.2 Å². The average molecular weight is 361 g/mol. The summed E-state index contributed by atoms with van der Waals surface area (Å²) in [6.07, 6.45) is 0.